The van der Waals surface area contributed by atoms with Gasteiger partial charge in [-0.3, -0.25) is 10.1 Å². The van der Waals surface area contributed by atoms with Crippen molar-refractivity contribution in [2.75, 3.05) is 6.61 Å². The molecule has 6 nitrogen and oxygen atoms in total. The number of nitro groups is 1. The second-order valence-electron chi connectivity index (χ2n) is 2.66. The third kappa shape index (κ3) is 2.53. The number of hydrogen-bond acceptors (Lipinski definition) is 4. The van der Waals surface area contributed by atoms with Crippen molar-refractivity contribution in [1.82, 2.24) is 4.57 Å². The van der Waals surface area contributed by atoms with Crippen molar-refractivity contribution in [2.24, 2.45) is 0 Å². The molecule has 13 heavy (non-hydrogen) atoms. The van der Waals surface area contributed by atoms with Crippen LogP contribution in [0, 0.1) is 10.1 Å². The van der Waals surface area contributed by atoms with E-state index in [0.29, 0.717) is 0 Å². The molecule has 1 heterocycles. The minimum atomic E-state index is -0.882. The van der Waals surface area contributed by atoms with Crippen molar-refractivity contribution < 1.29 is 15.1 Å². The van der Waals surface area contributed by atoms with Gasteiger partial charge in [0.15, 0.2) is 0 Å². The fourth-order valence-corrected chi connectivity index (χ4v) is 0.951. The van der Waals surface area contributed by atoms with Crippen LogP contribution in [-0.2, 0) is 6.54 Å². The average molecular weight is 186 g/mol. The van der Waals surface area contributed by atoms with E-state index in [2.05, 4.69) is 0 Å². The highest BCUT2D eigenvalue weighted by Crippen LogP contribution is 2.10. The number of aliphatic hydroxyl groups excluding tert-OH is 2. The minimum Gasteiger partial charge on any atom is -0.394 e. The largest absolute Gasteiger partial charge is 0.394 e. The highest BCUT2D eigenvalue weighted by molar-refractivity contribution is 5.25. The van der Waals surface area contributed by atoms with Crippen molar-refractivity contribution in [3.05, 3.63) is 28.6 Å². The minimum absolute atomic E-state index is 0.0230. The van der Waals surface area contributed by atoms with E-state index in [1.807, 2.05) is 0 Å². The highest BCUT2D eigenvalue weighted by Gasteiger charge is 2.09. The molecule has 1 aromatic rings. The Morgan fingerprint density at radius 2 is 2.38 bits per heavy atom. The maximum Gasteiger partial charge on any atom is 0.286 e. The third-order valence-corrected chi connectivity index (χ3v) is 1.58. The molecule has 0 fully saturated rings. The summed E-state index contributed by atoms with van der Waals surface area (Å²) < 4.78 is 1.46. The lowest BCUT2D eigenvalue weighted by Gasteiger charge is -2.06. The lowest BCUT2D eigenvalue weighted by atomic mass is 10.4. The van der Waals surface area contributed by atoms with Crippen LogP contribution >= 0.6 is 0 Å². The summed E-state index contributed by atoms with van der Waals surface area (Å²) in [6, 6.07) is 1.34. The van der Waals surface area contributed by atoms with Gasteiger partial charge >= 0.3 is 0 Å². The Bertz CT molecular complexity index is 296. The summed E-state index contributed by atoms with van der Waals surface area (Å²) >= 11 is 0. The fraction of sp³-hybridized carbons (Fsp3) is 0.429. The van der Waals surface area contributed by atoms with Gasteiger partial charge in [0.2, 0.25) is 0 Å². The van der Waals surface area contributed by atoms with Gasteiger partial charge in [0.05, 0.1) is 30.4 Å². The molecular weight excluding hydrogens is 176 g/mol. The molecule has 0 amide bonds. The number of rotatable bonds is 4. The fourth-order valence-electron chi connectivity index (χ4n) is 0.951. The molecular formula is C7H10N2O4. The monoisotopic (exact) mass is 186 g/mol. The molecule has 0 aliphatic carbocycles. The Balaban J connectivity index is 2.64. The molecule has 2 N–H and O–H groups in total. The molecule has 1 aromatic heterocycles. The van der Waals surface area contributed by atoms with Gasteiger partial charge < -0.3 is 14.8 Å². The molecule has 1 atom stereocenters. The van der Waals surface area contributed by atoms with Crippen LogP contribution in [0.4, 0.5) is 5.69 Å². The predicted molar refractivity (Wildman–Crippen MR) is 44.2 cm³/mol. The van der Waals surface area contributed by atoms with Gasteiger partial charge in [-0.1, -0.05) is 0 Å². The molecule has 0 aliphatic heterocycles. The van der Waals surface area contributed by atoms with Crippen LogP contribution < -0.4 is 0 Å². The summed E-state index contributed by atoms with van der Waals surface area (Å²) in [6.45, 7) is -0.198. The van der Waals surface area contributed by atoms with E-state index < -0.39 is 11.0 Å². The molecule has 0 saturated carbocycles. The van der Waals surface area contributed by atoms with Gasteiger partial charge in [-0.05, 0) is 0 Å². The van der Waals surface area contributed by atoms with E-state index in [1.165, 1.54) is 23.0 Å². The Kier molecular flexibility index (Phi) is 2.99. The number of aromatic nitrogens is 1. The lowest BCUT2D eigenvalue weighted by Crippen LogP contribution is -2.18. The van der Waals surface area contributed by atoms with Crippen molar-refractivity contribution >= 4 is 5.69 Å². The number of hydrogen-bond donors (Lipinski definition) is 2. The van der Waals surface area contributed by atoms with E-state index in [1.54, 1.807) is 0 Å². The van der Waals surface area contributed by atoms with Crippen LogP contribution in [-0.4, -0.2) is 32.4 Å². The van der Waals surface area contributed by atoms with E-state index in [9.17, 15) is 10.1 Å². The molecule has 0 saturated heterocycles. The predicted octanol–water partition coefficient (Wildman–Crippen LogP) is -0.251. The summed E-state index contributed by atoms with van der Waals surface area (Å²) in [6.07, 6.45) is 1.91. The normalized spacial score (nSPS) is 12.8. The molecule has 0 aliphatic rings. The smallest absolute Gasteiger partial charge is 0.286 e. The molecule has 72 valence electrons. The number of aliphatic hydroxyl groups is 2. The molecule has 0 aromatic carbocycles. The van der Waals surface area contributed by atoms with Crippen LogP contribution in [0.15, 0.2) is 18.5 Å². The van der Waals surface area contributed by atoms with Crippen molar-refractivity contribution in [1.29, 1.82) is 0 Å². The van der Waals surface area contributed by atoms with Crippen molar-refractivity contribution in [2.45, 2.75) is 12.6 Å². The molecule has 1 rings (SSSR count). The first kappa shape index (κ1) is 9.69. The van der Waals surface area contributed by atoms with Gasteiger partial charge in [0.25, 0.3) is 5.69 Å². The Morgan fingerprint density at radius 3 is 2.85 bits per heavy atom. The van der Waals surface area contributed by atoms with Crippen LogP contribution in [0.2, 0.25) is 0 Å². The molecule has 0 radical (unpaired) electrons. The molecule has 0 spiro atoms. The van der Waals surface area contributed by atoms with Gasteiger partial charge in [-0.2, -0.15) is 0 Å². The van der Waals surface area contributed by atoms with E-state index >= 15 is 0 Å². The second-order valence-corrected chi connectivity index (χ2v) is 2.66. The SMILES string of the molecule is O=[N+]([O-])c1ccn(CC(O)CO)c1. The quantitative estimate of drug-likeness (QED) is 0.501. The van der Waals surface area contributed by atoms with E-state index in [4.69, 9.17) is 10.2 Å². The summed E-state index contributed by atoms with van der Waals surface area (Å²) in [4.78, 5) is 9.74. The Labute approximate surface area is 74.2 Å². The zero-order chi connectivity index (χ0) is 9.84. The van der Waals surface area contributed by atoms with E-state index in [0.717, 1.165) is 0 Å². The van der Waals surface area contributed by atoms with Crippen LogP contribution in [0.25, 0.3) is 0 Å². The summed E-state index contributed by atoms with van der Waals surface area (Å²) in [5.41, 5.74) is -0.0230. The first-order valence-corrected chi connectivity index (χ1v) is 3.72. The zero-order valence-corrected chi connectivity index (χ0v) is 6.83. The van der Waals surface area contributed by atoms with Gasteiger partial charge in [0.1, 0.15) is 0 Å². The van der Waals surface area contributed by atoms with Gasteiger partial charge in [0, 0.05) is 12.3 Å². The van der Waals surface area contributed by atoms with Crippen LogP contribution in [0.5, 0.6) is 0 Å². The zero-order valence-electron chi connectivity index (χ0n) is 6.83. The third-order valence-electron chi connectivity index (χ3n) is 1.58. The Hall–Kier alpha value is -1.40. The summed E-state index contributed by atoms with van der Waals surface area (Å²) in [5.74, 6) is 0. The maximum absolute atomic E-state index is 10.2. The second kappa shape index (κ2) is 4.01. The van der Waals surface area contributed by atoms with Gasteiger partial charge in [-0.25, -0.2) is 0 Å². The molecule has 1 unspecified atom stereocenters. The lowest BCUT2D eigenvalue weighted by molar-refractivity contribution is -0.384. The van der Waals surface area contributed by atoms with Crippen LogP contribution in [0.3, 0.4) is 0 Å². The van der Waals surface area contributed by atoms with Crippen molar-refractivity contribution in [3.8, 4) is 0 Å². The standard InChI is InChI=1S/C7H10N2O4/c10-5-7(11)4-8-2-1-6(3-8)9(12)13/h1-3,7,10-11H,4-5H2. The first-order chi connectivity index (χ1) is 6.13. The first-order valence-electron chi connectivity index (χ1n) is 3.72. The summed E-state index contributed by atoms with van der Waals surface area (Å²) in [5, 5.41) is 27.8. The van der Waals surface area contributed by atoms with Gasteiger partial charge in [-0.15, -0.1) is 0 Å². The highest BCUT2D eigenvalue weighted by atomic mass is 16.6. The molecule has 6 heteroatoms. The number of nitrogens with zero attached hydrogens (tertiary/aromatic N) is 2. The molecule has 0 bridgehead atoms. The van der Waals surface area contributed by atoms with E-state index in [-0.39, 0.29) is 18.8 Å². The van der Waals surface area contributed by atoms with Crippen molar-refractivity contribution in [3.63, 3.8) is 0 Å². The topological polar surface area (TPSA) is 88.5 Å². The Morgan fingerprint density at radius 1 is 1.69 bits per heavy atom. The summed E-state index contributed by atoms with van der Waals surface area (Å²) in [7, 11) is 0. The maximum atomic E-state index is 10.2. The average Bonchev–Trinajstić information content (AvgIpc) is 2.52. The van der Waals surface area contributed by atoms with Crippen LogP contribution in [0.1, 0.15) is 0 Å².